The van der Waals surface area contributed by atoms with E-state index in [2.05, 4.69) is 222 Å². The van der Waals surface area contributed by atoms with E-state index in [1.54, 1.807) is 0 Å². The van der Waals surface area contributed by atoms with Crippen molar-refractivity contribution >= 4 is 120 Å². The van der Waals surface area contributed by atoms with E-state index in [1.165, 1.54) is 124 Å². The Kier molecular flexibility index (Phi) is 7.56. The highest BCUT2D eigenvalue weighted by Crippen LogP contribution is 2.52. The van der Waals surface area contributed by atoms with Gasteiger partial charge in [0.1, 0.15) is 0 Å². The summed E-state index contributed by atoms with van der Waals surface area (Å²) < 4.78 is 5.22. The summed E-state index contributed by atoms with van der Waals surface area (Å²) in [4.78, 5) is 5.24. The number of fused-ring (bicyclic) bond motifs is 12. The van der Waals surface area contributed by atoms with Gasteiger partial charge in [0, 0.05) is 74.3 Å². The van der Waals surface area contributed by atoms with Crippen LogP contribution in [-0.2, 0) is 0 Å². The molecule has 0 saturated carbocycles. The van der Waals surface area contributed by atoms with Crippen molar-refractivity contribution in [2.75, 3.05) is 9.71 Å². The molecule has 292 valence electrons. The Labute approximate surface area is 373 Å². The first-order valence-corrected chi connectivity index (χ1v) is 23.2. The third-order valence-corrected chi connectivity index (χ3v) is 15.7. The van der Waals surface area contributed by atoms with Crippen molar-refractivity contribution in [1.29, 1.82) is 0 Å². The molecule has 12 aromatic rings. The molecule has 0 radical (unpaired) electrons. The highest BCUT2D eigenvalue weighted by atomic mass is 32.1. The number of hydrogen-bond donors (Lipinski definition) is 0. The molecule has 0 spiro atoms. The number of benzene rings is 10. The van der Waals surface area contributed by atoms with Crippen molar-refractivity contribution in [1.82, 2.24) is 0 Å². The van der Waals surface area contributed by atoms with Crippen molar-refractivity contribution in [3.05, 3.63) is 212 Å². The summed E-state index contributed by atoms with van der Waals surface area (Å²) in [5, 5.41) is 7.74. The Hall–Kier alpha value is -7.44. The van der Waals surface area contributed by atoms with Crippen LogP contribution >= 0.6 is 22.7 Å². The van der Waals surface area contributed by atoms with E-state index in [0.29, 0.717) is 0 Å². The lowest BCUT2D eigenvalue weighted by Gasteiger charge is -2.46. The predicted molar refractivity (Wildman–Crippen MR) is 274 cm³/mol. The maximum absolute atomic E-state index is 2.65. The fourth-order valence-electron chi connectivity index (χ4n) is 10.6. The zero-order chi connectivity index (χ0) is 41.2. The summed E-state index contributed by atoms with van der Waals surface area (Å²) in [5.41, 5.74) is 16.0. The highest BCUT2D eigenvalue weighted by Gasteiger charge is 2.46. The maximum atomic E-state index is 2.65. The van der Waals surface area contributed by atoms with Gasteiger partial charge in [-0.1, -0.05) is 152 Å². The van der Waals surface area contributed by atoms with E-state index in [9.17, 15) is 0 Å². The van der Waals surface area contributed by atoms with Gasteiger partial charge in [-0.05, 0) is 110 Å². The molecule has 2 aliphatic heterocycles. The van der Waals surface area contributed by atoms with Crippen molar-refractivity contribution < 1.29 is 0 Å². The third-order valence-electron chi connectivity index (χ3n) is 13.4. The summed E-state index contributed by atoms with van der Waals surface area (Å²) in [7, 11) is 0. The molecule has 2 aliphatic rings. The van der Waals surface area contributed by atoms with Crippen LogP contribution in [0.4, 0.5) is 28.4 Å². The fraction of sp³-hybridized carbons (Fsp3) is 0. The first-order valence-electron chi connectivity index (χ1n) is 21.6. The fourth-order valence-corrected chi connectivity index (χ4v) is 12.9. The summed E-state index contributed by atoms with van der Waals surface area (Å²) >= 11 is 3.78. The molecule has 0 fully saturated rings. The minimum Gasteiger partial charge on any atom is -0.376 e. The molecule has 10 aromatic carbocycles. The summed E-state index contributed by atoms with van der Waals surface area (Å²) in [6.45, 7) is -0.113. The summed E-state index contributed by atoms with van der Waals surface area (Å²) in [5.74, 6) is 0. The number of rotatable bonds is 4. The molecule has 0 N–H and O–H groups in total. The second kappa shape index (κ2) is 13.5. The van der Waals surface area contributed by atoms with E-state index in [0.717, 1.165) is 0 Å². The zero-order valence-electron chi connectivity index (χ0n) is 34.0. The molecule has 2 nitrogen and oxygen atoms in total. The molecular formula is C58H35BN2S2. The summed E-state index contributed by atoms with van der Waals surface area (Å²) in [6.07, 6.45) is 0. The van der Waals surface area contributed by atoms with Gasteiger partial charge in [0.05, 0.1) is 0 Å². The highest BCUT2D eigenvalue weighted by molar-refractivity contribution is 7.26. The van der Waals surface area contributed by atoms with Gasteiger partial charge < -0.3 is 9.71 Å². The average molecular weight is 835 g/mol. The van der Waals surface area contributed by atoms with Gasteiger partial charge in [0.15, 0.2) is 0 Å². The Bertz CT molecular complexity index is 3820. The van der Waals surface area contributed by atoms with Gasteiger partial charge in [-0.2, -0.15) is 0 Å². The van der Waals surface area contributed by atoms with E-state index in [1.807, 2.05) is 22.7 Å². The Morgan fingerprint density at radius 2 is 0.937 bits per heavy atom. The molecule has 14 rings (SSSR count). The van der Waals surface area contributed by atoms with Crippen molar-refractivity contribution in [3.63, 3.8) is 0 Å². The minimum absolute atomic E-state index is 0.113. The van der Waals surface area contributed by atoms with E-state index in [-0.39, 0.29) is 6.85 Å². The number of hydrogen-bond acceptors (Lipinski definition) is 4. The van der Waals surface area contributed by atoms with Crippen LogP contribution in [0.15, 0.2) is 212 Å². The molecular weight excluding hydrogens is 800 g/mol. The maximum Gasteiger partial charge on any atom is 0.333 e. The minimum atomic E-state index is -0.113. The van der Waals surface area contributed by atoms with Gasteiger partial charge in [0.25, 0.3) is 0 Å². The normalized spacial score (nSPS) is 13.0. The van der Waals surface area contributed by atoms with E-state index in [4.69, 9.17) is 0 Å². The lowest BCUT2D eigenvalue weighted by atomic mass is 9.43. The molecule has 0 atom stereocenters. The first kappa shape index (κ1) is 35.2. The second-order valence-electron chi connectivity index (χ2n) is 16.8. The molecule has 5 heteroatoms. The lowest BCUT2D eigenvalue weighted by molar-refractivity contribution is 1.28. The zero-order valence-corrected chi connectivity index (χ0v) is 35.6. The van der Waals surface area contributed by atoms with Crippen molar-refractivity contribution in [3.8, 4) is 33.4 Å². The van der Waals surface area contributed by atoms with Crippen LogP contribution in [0.5, 0.6) is 0 Å². The van der Waals surface area contributed by atoms with Crippen molar-refractivity contribution in [2.24, 2.45) is 0 Å². The molecule has 63 heavy (non-hydrogen) atoms. The molecule has 0 saturated heterocycles. The van der Waals surface area contributed by atoms with Gasteiger partial charge in [-0.25, -0.2) is 0 Å². The van der Waals surface area contributed by atoms with Gasteiger partial charge in [-0.15, -0.1) is 22.7 Å². The van der Waals surface area contributed by atoms with E-state index >= 15 is 0 Å². The Balaban J connectivity index is 1.12. The van der Waals surface area contributed by atoms with Crippen molar-refractivity contribution in [2.45, 2.75) is 0 Å². The Morgan fingerprint density at radius 1 is 0.349 bits per heavy atom. The molecule has 4 heterocycles. The van der Waals surface area contributed by atoms with Gasteiger partial charge >= 0.3 is 6.85 Å². The third kappa shape index (κ3) is 5.24. The lowest BCUT2D eigenvalue weighted by Crippen LogP contribution is -2.61. The molecule has 0 unspecified atom stereocenters. The largest absolute Gasteiger partial charge is 0.376 e. The quantitative estimate of drug-likeness (QED) is 0.163. The van der Waals surface area contributed by atoms with Crippen LogP contribution in [0.3, 0.4) is 0 Å². The van der Waals surface area contributed by atoms with Crippen LogP contribution < -0.4 is 20.6 Å². The van der Waals surface area contributed by atoms with Crippen LogP contribution in [0.25, 0.3) is 84.5 Å². The average Bonchev–Trinajstić information content (AvgIpc) is 3.91. The monoisotopic (exact) mass is 834 g/mol. The molecule has 0 amide bonds. The number of thiophene rings is 2. The van der Waals surface area contributed by atoms with Crippen LogP contribution in [0.1, 0.15) is 0 Å². The molecule has 0 aliphatic carbocycles. The van der Waals surface area contributed by atoms with E-state index < -0.39 is 0 Å². The van der Waals surface area contributed by atoms with Crippen LogP contribution in [-0.4, -0.2) is 6.85 Å². The predicted octanol–water partition coefficient (Wildman–Crippen LogP) is 15.6. The number of anilines is 5. The van der Waals surface area contributed by atoms with Gasteiger partial charge in [0.2, 0.25) is 0 Å². The topological polar surface area (TPSA) is 6.48 Å². The standard InChI is InChI=1S/C58H35BN2S2/c1-3-13-36(14-4-1)38-23-26-41(27-24-38)61-50-30-25-39-17-7-8-18-43(39)57(50)48-31-40(37-15-5-2-6-16-37)32-52-58(48)59(61)49-34-47-45-20-10-12-22-54(45)63-56(47)35-51(49)60(52)42-28-29-46-44-19-9-11-21-53(44)62-55(46)33-42/h1-35H. The van der Waals surface area contributed by atoms with Gasteiger partial charge in [-0.3, -0.25) is 0 Å². The summed E-state index contributed by atoms with van der Waals surface area (Å²) in [6, 6.07) is 79.4. The Morgan fingerprint density at radius 3 is 1.68 bits per heavy atom. The van der Waals surface area contributed by atoms with Crippen LogP contribution in [0.2, 0.25) is 0 Å². The second-order valence-corrected chi connectivity index (χ2v) is 19.0. The first-order chi connectivity index (χ1) is 31.2. The number of nitrogens with zero attached hydrogens (tertiary/aromatic N) is 2. The molecule has 0 bridgehead atoms. The smallest absolute Gasteiger partial charge is 0.333 e. The molecule has 2 aromatic heterocycles. The SMILES string of the molecule is c1ccc(-c2ccc(N3B4c5cc6c(cc5N(c5ccc7c(c5)sc5ccccc57)c5cc(-c7ccccc7)cc(c54)-c4c3ccc3ccccc43)sc3ccccc36)cc2)cc1. The van der Waals surface area contributed by atoms with Crippen LogP contribution in [0, 0.1) is 0 Å².